The molecule has 1 saturated heterocycles. The predicted octanol–water partition coefficient (Wildman–Crippen LogP) is 1.94. The van der Waals surface area contributed by atoms with Crippen LogP contribution < -0.4 is 4.74 Å². The summed E-state index contributed by atoms with van der Waals surface area (Å²) in [7, 11) is -4.55. The normalized spacial score (nSPS) is 22.0. The number of sulfonamides is 1. The van der Waals surface area contributed by atoms with Crippen LogP contribution in [0.2, 0.25) is 5.15 Å². The van der Waals surface area contributed by atoms with Gasteiger partial charge in [-0.2, -0.15) is 22.7 Å². The predicted molar refractivity (Wildman–Crippen MR) is 101 cm³/mol. The molecule has 0 unspecified atom stereocenters. The molecule has 2 aromatic rings. The van der Waals surface area contributed by atoms with Crippen LogP contribution in [0.15, 0.2) is 35.2 Å². The van der Waals surface area contributed by atoms with Crippen LogP contribution in [0.4, 0.5) is 17.6 Å². The van der Waals surface area contributed by atoms with E-state index in [1.54, 1.807) is 6.07 Å². The first-order valence-corrected chi connectivity index (χ1v) is 10.6. The number of rotatable bonds is 5. The number of aliphatic hydroxyl groups is 2. The van der Waals surface area contributed by atoms with E-state index in [0.717, 1.165) is 12.1 Å². The van der Waals surface area contributed by atoms with Gasteiger partial charge in [0.25, 0.3) is 0 Å². The molecule has 172 valence electrons. The summed E-state index contributed by atoms with van der Waals surface area (Å²) in [6, 6.07) is 5.87. The summed E-state index contributed by atoms with van der Waals surface area (Å²) in [4.78, 5) is 2.34. The zero-order chi connectivity index (χ0) is 23.9. The fourth-order valence-electron chi connectivity index (χ4n) is 3.04. The average Bonchev–Trinajstić information content (AvgIpc) is 3.05. The lowest BCUT2D eigenvalue weighted by Crippen LogP contribution is -2.48. The Balaban J connectivity index is 1.90. The lowest BCUT2D eigenvalue weighted by molar-refractivity contribution is -0.141. The van der Waals surface area contributed by atoms with Gasteiger partial charge >= 0.3 is 6.18 Å². The summed E-state index contributed by atoms with van der Waals surface area (Å²) in [6.45, 7) is -2.17. The van der Waals surface area contributed by atoms with E-state index in [0.29, 0.717) is 16.4 Å². The Morgan fingerprint density at radius 3 is 2.56 bits per heavy atom. The molecular formula is C18H14ClF4N3O5S. The van der Waals surface area contributed by atoms with Crippen molar-refractivity contribution in [3.05, 3.63) is 52.6 Å². The third-order valence-electron chi connectivity index (χ3n) is 4.75. The SMILES string of the molecule is N#Cc1ccc(O[C@H]2CN(S(=O)(=O)c3ccc(C(F)(F)F)nc3Cl)C[C@@]2(O)CO)cc1F. The standard InChI is InChI=1S/C18H14ClF4N3O5S/c19-16-13(3-4-14(25-16)18(21,22)23)32(29,30)26-7-15(17(28,8-26)9-27)31-11-2-1-10(6-24)12(20)5-11/h1-5,15,27-28H,7-9H2/t15-,17+/m0/s1. The highest BCUT2D eigenvalue weighted by Crippen LogP contribution is 2.35. The second-order valence-electron chi connectivity index (χ2n) is 6.90. The number of halogens is 5. The Kier molecular flexibility index (Phi) is 6.38. The Morgan fingerprint density at radius 2 is 2.03 bits per heavy atom. The van der Waals surface area contributed by atoms with E-state index in [4.69, 9.17) is 21.6 Å². The van der Waals surface area contributed by atoms with Crippen LogP contribution in [0.5, 0.6) is 5.75 Å². The van der Waals surface area contributed by atoms with Gasteiger partial charge in [0.05, 0.1) is 18.7 Å². The Labute approximate surface area is 184 Å². The van der Waals surface area contributed by atoms with Gasteiger partial charge in [-0.15, -0.1) is 0 Å². The largest absolute Gasteiger partial charge is 0.486 e. The van der Waals surface area contributed by atoms with Crippen molar-refractivity contribution in [3.63, 3.8) is 0 Å². The lowest BCUT2D eigenvalue weighted by Gasteiger charge is -2.27. The molecular weight excluding hydrogens is 482 g/mol. The number of hydrogen-bond donors (Lipinski definition) is 2. The van der Waals surface area contributed by atoms with E-state index in [9.17, 15) is 36.2 Å². The highest BCUT2D eigenvalue weighted by atomic mass is 35.5. The number of ether oxygens (including phenoxy) is 1. The van der Waals surface area contributed by atoms with Gasteiger partial charge in [0.1, 0.15) is 45.1 Å². The van der Waals surface area contributed by atoms with Gasteiger partial charge < -0.3 is 14.9 Å². The maximum absolute atomic E-state index is 13.8. The van der Waals surface area contributed by atoms with Crippen LogP contribution in [0.25, 0.3) is 0 Å². The van der Waals surface area contributed by atoms with Crippen molar-refractivity contribution in [3.8, 4) is 11.8 Å². The topological polar surface area (TPSA) is 124 Å². The van der Waals surface area contributed by atoms with Crippen molar-refractivity contribution in [2.75, 3.05) is 19.7 Å². The number of benzene rings is 1. The minimum atomic E-state index is -4.84. The van der Waals surface area contributed by atoms with Crippen LogP contribution in [-0.2, 0) is 16.2 Å². The van der Waals surface area contributed by atoms with Gasteiger partial charge in [-0.1, -0.05) is 11.6 Å². The number of hydrogen-bond acceptors (Lipinski definition) is 7. The van der Waals surface area contributed by atoms with E-state index < -0.39 is 69.2 Å². The summed E-state index contributed by atoms with van der Waals surface area (Å²) in [5.74, 6) is -1.06. The van der Waals surface area contributed by atoms with Crippen molar-refractivity contribution >= 4 is 21.6 Å². The maximum atomic E-state index is 13.8. The smallest absolute Gasteiger partial charge is 0.433 e. The molecule has 1 fully saturated rings. The first-order chi connectivity index (χ1) is 14.8. The third-order valence-corrected chi connectivity index (χ3v) is 7.00. The first kappa shape index (κ1) is 24.1. The maximum Gasteiger partial charge on any atom is 0.433 e. The van der Waals surface area contributed by atoms with Crippen molar-refractivity contribution in [1.29, 1.82) is 5.26 Å². The molecule has 0 spiro atoms. The molecule has 14 heteroatoms. The Hall–Kier alpha value is -2.50. The first-order valence-electron chi connectivity index (χ1n) is 8.75. The fraction of sp³-hybridized carbons (Fsp3) is 0.333. The molecule has 2 heterocycles. The fourth-order valence-corrected chi connectivity index (χ4v) is 4.99. The second-order valence-corrected chi connectivity index (χ2v) is 9.17. The van der Waals surface area contributed by atoms with Crippen molar-refractivity contribution in [1.82, 2.24) is 9.29 Å². The van der Waals surface area contributed by atoms with Crippen LogP contribution in [0.3, 0.4) is 0 Å². The number of nitrogens with zero attached hydrogens (tertiary/aromatic N) is 3. The summed E-state index contributed by atoms with van der Waals surface area (Å²) in [6.07, 6.45) is -6.22. The number of pyridine rings is 1. The third kappa shape index (κ3) is 4.50. The second kappa shape index (κ2) is 8.45. The van der Waals surface area contributed by atoms with Crippen molar-refractivity contribution in [2.24, 2.45) is 0 Å². The molecule has 2 atom stereocenters. The zero-order valence-electron chi connectivity index (χ0n) is 15.8. The minimum absolute atomic E-state index is 0.146. The van der Waals surface area contributed by atoms with Crippen LogP contribution in [0, 0.1) is 17.1 Å². The molecule has 3 rings (SSSR count). The summed E-state index contributed by atoms with van der Waals surface area (Å²) in [5.41, 5.74) is -3.78. The molecule has 1 aromatic carbocycles. The number of alkyl halides is 3. The van der Waals surface area contributed by atoms with Crippen molar-refractivity contribution in [2.45, 2.75) is 22.8 Å². The number of aromatic nitrogens is 1. The molecule has 1 aliphatic heterocycles. The van der Waals surface area contributed by atoms with Gasteiger partial charge in [-0.25, -0.2) is 17.8 Å². The van der Waals surface area contributed by atoms with Crippen LogP contribution in [0.1, 0.15) is 11.3 Å². The van der Waals surface area contributed by atoms with E-state index in [2.05, 4.69) is 4.98 Å². The van der Waals surface area contributed by atoms with Gasteiger partial charge in [0, 0.05) is 12.6 Å². The molecule has 8 nitrogen and oxygen atoms in total. The monoisotopic (exact) mass is 495 g/mol. The molecule has 32 heavy (non-hydrogen) atoms. The van der Waals surface area contributed by atoms with E-state index in [-0.39, 0.29) is 11.3 Å². The molecule has 2 N–H and O–H groups in total. The van der Waals surface area contributed by atoms with Gasteiger partial charge in [0.2, 0.25) is 10.0 Å². The quantitative estimate of drug-likeness (QED) is 0.480. The van der Waals surface area contributed by atoms with E-state index in [1.165, 1.54) is 6.07 Å². The number of nitriles is 1. The number of aliphatic hydroxyl groups excluding tert-OH is 1. The Morgan fingerprint density at radius 1 is 1.34 bits per heavy atom. The zero-order valence-corrected chi connectivity index (χ0v) is 17.4. The highest BCUT2D eigenvalue weighted by Gasteiger charge is 2.51. The molecule has 1 aliphatic rings. The molecule has 0 bridgehead atoms. The Bertz CT molecular complexity index is 1190. The van der Waals surface area contributed by atoms with Crippen LogP contribution >= 0.6 is 11.6 Å². The lowest BCUT2D eigenvalue weighted by atomic mass is 10.0. The summed E-state index contributed by atoms with van der Waals surface area (Å²) in [5, 5.41) is 28.1. The minimum Gasteiger partial charge on any atom is -0.486 e. The molecule has 1 aromatic heterocycles. The van der Waals surface area contributed by atoms with Gasteiger partial charge in [0.15, 0.2) is 0 Å². The van der Waals surface area contributed by atoms with Crippen molar-refractivity contribution < 1.29 is 40.9 Å². The molecule has 0 aliphatic carbocycles. The average molecular weight is 496 g/mol. The summed E-state index contributed by atoms with van der Waals surface area (Å²) >= 11 is 5.69. The number of β-amino-alcohol motifs (C(OH)–C–C–N with tert-alkyl or cyclic N) is 1. The highest BCUT2D eigenvalue weighted by molar-refractivity contribution is 7.89. The van der Waals surface area contributed by atoms with E-state index >= 15 is 0 Å². The van der Waals surface area contributed by atoms with Gasteiger partial charge in [-0.05, 0) is 24.3 Å². The summed E-state index contributed by atoms with van der Waals surface area (Å²) < 4.78 is 84.1. The van der Waals surface area contributed by atoms with Gasteiger partial charge in [-0.3, -0.25) is 0 Å². The molecule has 0 saturated carbocycles. The molecule has 0 amide bonds. The van der Waals surface area contributed by atoms with E-state index in [1.807, 2.05) is 0 Å². The molecule has 0 radical (unpaired) electrons. The van der Waals surface area contributed by atoms with Crippen LogP contribution in [-0.4, -0.2) is 59.3 Å².